The Hall–Kier alpha value is -2.81. The molecule has 0 atom stereocenters. The summed E-state index contributed by atoms with van der Waals surface area (Å²) in [6, 6.07) is 8.47. The number of nitrogens with zero attached hydrogens (tertiary/aromatic N) is 3. The smallest absolute Gasteiger partial charge is 0.296 e. The predicted molar refractivity (Wildman–Crippen MR) is 113 cm³/mol. The van der Waals surface area contributed by atoms with Crippen LogP contribution in [0.15, 0.2) is 34.8 Å². The highest BCUT2D eigenvalue weighted by Gasteiger charge is 2.28. The maximum absolute atomic E-state index is 13.1. The lowest BCUT2D eigenvalue weighted by molar-refractivity contribution is -0.384. The van der Waals surface area contributed by atoms with Gasteiger partial charge in [0.15, 0.2) is 0 Å². The van der Waals surface area contributed by atoms with Gasteiger partial charge in [-0.3, -0.25) is 14.9 Å². The van der Waals surface area contributed by atoms with Crippen molar-refractivity contribution in [2.45, 2.75) is 6.92 Å². The van der Waals surface area contributed by atoms with Crippen molar-refractivity contribution in [1.29, 1.82) is 0 Å². The molecule has 0 saturated carbocycles. The molecule has 2 aromatic carbocycles. The number of amides is 1. The molecule has 0 N–H and O–H groups in total. The van der Waals surface area contributed by atoms with Crippen LogP contribution in [0, 0.1) is 17.0 Å². The van der Waals surface area contributed by atoms with Crippen molar-refractivity contribution in [2.24, 2.45) is 0 Å². The molecular weight excluding hydrogens is 442 g/mol. The van der Waals surface area contributed by atoms with Crippen molar-refractivity contribution in [2.75, 3.05) is 45.3 Å². The fourth-order valence-electron chi connectivity index (χ4n) is 3.52. The van der Waals surface area contributed by atoms with Crippen LogP contribution >= 0.6 is 15.9 Å². The molecule has 29 heavy (non-hydrogen) atoms. The maximum Gasteiger partial charge on any atom is 0.296 e. The van der Waals surface area contributed by atoms with Gasteiger partial charge in [0.05, 0.1) is 30.8 Å². The Bertz CT molecular complexity index is 942. The molecule has 9 heteroatoms. The zero-order valence-electron chi connectivity index (χ0n) is 16.5. The third-order valence-corrected chi connectivity index (χ3v) is 5.42. The third-order valence-electron chi connectivity index (χ3n) is 4.96. The summed E-state index contributed by atoms with van der Waals surface area (Å²) in [6.45, 7) is 3.79. The average Bonchev–Trinajstić information content (AvgIpc) is 2.72. The lowest BCUT2D eigenvalue weighted by Crippen LogP contribution is -2.49. The first-order valence-electron chi connectivity index (χ1n) is 9.06. The molecule has 154 valence electrons. The number of rotatable bonds is 5. The van der Waals surface area contributed by atoms with Gasteiger partial charge >= 0.3 is 0 Å². The van der Waals surface area contributed by atoms with E-state index in [1.165, 1.54) is 13.2 Å². The molecule has 0 unspecified atom stereocenters. The first-order chi connectivity index (χ1) is 13.8. The van der Waals surface area contributed by atoms with Gasteiger partial charge in [0.2, 0.25) is 0 Å². The quantitative estimate of drug-likeness (QED) is 0.496. The van der Waals surface area contributed by atoms with E-state index in [0.29, 0.717) is 48.9 Å². The normalized spacial score (nSPS) is 13.9. The van der Waals surface area contributed by atoms with Gasteiger partial charge in [-0.15, -0.1) is 0 Å². The molecule has 1 saturated heterocycles. The number of hydrogen-bond donors (Lipinski definition) is 0. The molecule has 1 fully saturated rings. The largest absolute Gasteiger partial charge is 0.496 e. The number of ether oxygens (including phenoxy) is 2. The van der Waals surface area contributed by atoms with Crippen molar-refractivity contribution in [3.8, 4) is 11.5 Å². The molecule has 0 bridgehead atoms. The van der Waals surface area contributed by atoms with Gasteiger partial charge in [-0.25, -0.2) is 0 Å². The number of aryl methyl sites for hydroxylation is 1. The van der Waals surface area contributed by atoms with E-state index in [1.54, 1.807) is 30.2 Å². The summed E-state index contributed by atoms with van der Waals surface area (Å²) in [5.41, 5.74) is 1.90. The van der Waals surface area contributed by atoms with Crippen molar-refractivity contribution >= 4 is 33.2 Å². The molecule has 1 heterocycles. The molecule has 2 aromatic rings. The highest BCUT2D eigenvalue weighted by molar-refractivity contribution is 9.10. The number of nitro groups is 1. The van der Waals surface area contributed by atoms with Crippen LogP contribution < -0.4 is 14.4 Å². The Labute approximate surface area is 177 Å². The molecular formula is C20H22BrN3O5. The molecule has 1 amide bonds. The number of benzene rings is 2. The zero-order chi connectivity index (χ0) is 21.1. The van der Waals surface area contributed by atoms with Crippen molar-refractivity contribution in [3.05, 3.63) is 56.0 Å². The van der Waals surface area contributed by atoms with E-state index in [-0.39, 0.29) is 11.6 Å². The summed E-state index contributed by atoms with van der Waals surface area (Å²) in [7, 11) is 3.02. The van der Waals surface area contributed by atoms with Crippen molar-refractivity contribution < 1.29 is 19.2 Å². The van der Waals surface area contributed by atoms with Crippen LogP contribution in [0.5, 0.6) is 11.5 Å². The van der Waals surface area contributed by atoms with Crippen molar-refractivity contribution in [3.63, 3.8) is 0 Å². The number of halogens is 1. The molecule has 8 nitrogen and oxygen atoms in total. The summed E-state index contributed by atoms with van der Waals surface area (Å²) in [6.07, 6.45) is 0. The van der Waals surface area contributed by atoms with E-state index in [2.05, 4.69) is 15.9 Å². The van der Waals surface area contributed by atoms with E-state index < -0.39 is 4.92 Å². The van der Waals surface area contributed by atoms with Crippen LogP contribution in [0.1, 0.15) is 15.9 Å². The van der Waals surface area contributed by atoms with E-state index in [0.717, 1.165) is 10.0 Å². The van der Waals surface area contributed by atoms with Gasteiger partial charge < -0.3 is 19.3 Å². The number of piperazine rings is 1. The number of anilines is 1. The Kier molecular flexibility index (Phi) is 6.26. The van der Waals surface area contributed by atoms with Crippen LogP contribution in [-0.2, 0) is 0 Å². The van der Waals surface area contributed by atoms with Crippen LogP contribution in [0.3, 0.4) is 0 Å². The van der Waals surface area contributed by atoms with Gasteiger partial charge in [-0.1, -0.05) is 15.9 Å². The lowest BCUT2D eigenvalue weighted by atomic mass is 10.1. The Morgan fingerprint density at radius 3 is 2.38 bits per heavy atom. The number of carbonyl (C=O) groups excluding carboxylic acids is 1. The number of nitro benzene ring substituents is 1. The minimum atomic E-state index is -0.412. The minimum Gasteiger partial charge on any atom is -0.496 e. The van der Waals surface area contributed by atoms with Gasteiger partial charge in [-0.2, -0.15) is 0 Å². The molecule has 0 radical (unpaired) electrons. The molecule has 0 aliphatic carbocycles. The lowest BCUT2D eigenvalue weighted by Gasteiger charge is -2.36. The van der Waals surface area contributed by atoms with E-state index in [9.17, 15) is 14.9 Å². The predicted octanol–water partition coefficient (Wildman–Crippen LogP) is 3.65. The van der Waals surface area contributed by atoms with Gasteiger partial charge in [0, 0.05) is 30.7 Å². The fourth-order valence-corrected chi connectivity index (χ4v) is 4.10. The fraction of sp³-hybridized carbons (Fsp3) is 0.350. The monoisotopic (exact) mass is 463 g/mol. The Morgan fingerprint density at radius 1 is 1.10 bits per heavy atom. The molecule has 0 aromatic heterocycles. The van der Waals surface area contributed by atoms with E-state index in [4.69, 9.17) is 9.47 Å². The highest BCUT2D eigenvalue weighted by Crippen LogP contribution is 2.33. The maximum atomic E-state index is 13.1. The molecule has 1 aliphatic heterocycles. The van der Waals surface area contributed by atoms with Crippen LogP contribution in [-0.4, -0.2) is 56.1 Å². The van der Waals surface area contributed by atoms with Gasteiger partial charge in [0.25, 0.3) is 11.6 Å². The highest BCUT2D eigenvalue weighted by atomic mass is 79.9. The average molecular weight is 464 g/mol. The van der Waals surface area contributed by atoms with E-state index in [1.807, 2.05) is 17.9 Å². The van der Waals surface area contributed by atoms with Gasteiger partial charge in [-0.05, 0) is 36.8 Å². The number of methoxy groups -OCH3 is 2. The van der Waals surface area contributed by atoms with Crippen LogP contribution in [0.25, 0.3) is 0 Å². The summed E-state index contributed by atoms with van der Waals surface area (Å²) >= 11 is 3.43. The van der Waals surface area contributed by atoms with Crippen LogP contribution in [0.2, 0.25) is 0 Å². The van der Waals surface area contributed by atoms with E-state index >= 15 is 0 Å². The second kappa shape index (κ2) is 8.69. The summed E-state index contributed by atoms with van der Waals surface area (Å²) in [5.74, 6) is 0.882. The minimum absolute atomic E-state index is 0.00610. The second-order valence-corrected chi connectivity index (χ2v) is 7.61. The SMILES string of the molecule is COc1ccc(N2CCN(C(=O)c3cc(Br)cc(C)c3OC)CC2)c([N+](=O)[O-])c1. The zero-order valence-corrected chi connectivity index (χ0v) is 18.1. The first-order valence-corrected chi connectivity index (χ1v) is 9.85. The Balaban J connectivity index is 1.78. The summed E-state index contributed by atoms with van der Waals surface area (Å²) < 4.78 is 11.3. The molecule has 1 aliphatic rings. The van der Waals surface area contributed by atoms with Gasteiger partial charge in [0.1, 0.15) is 17.2 Å². The number of carbonyl (C=O) groups is 1. The second-order valence-electron chi connectivity index (χ2n) is 6.69. The standard InChI is InChI=1S/C20H22BrN3O5/c1-13-10-14(21)11-16(19(13)29-3)20(25)23-8-6-22(7-9-23)17-5-4-15(28-2)12-18(17)24(26)27/h4-5,10-12H,6-9H2,1-3H3. The first kappa shape index (κ1) is 20.9. The van der Waals surface area contributed by atoms with Crippen molar-refractivity contribution in [1.82, 2.24) is 4.90 Å². The third kappa shape index (κ3) is 4.29. The van der Waals surface area contributed by atoms with Crippen LogP contribution in [0.4, 0.5) is 11.4 Å². The summed E-state index contributed by atoms with van der Waals surface area (Å²) in [4.78, 5) is 27.8. The molecule has 0 spiro atoms. The molecule has 3 rings (SSSR count). The number of hydrogen-bond acceptors (Lipinski definition) is 6. The Morgan fingerprint density at radius 2 is 1.79 bits per heavy atom. The topological polar surface area (TPSA) is 85.2 Å². The summed E-state index contributed by atoms with van der Waals surface area (Å²) in [5, 5.41) is 11.5.